The molecular weight excluding hydrogens is 392 g/mol. The Kier molecular flexibility index (Phi) is 5.10. The fraction of sp³-hybridized carbons (Fsp3) is 0.208. The lowest BCUT2D eigenvalue weighted by molar-refractivity contribution is -0.122. The monoisotopic (exact) mass is 416 g/mol. The van der Waals surface area contributed by atoms with E-state index in [-0.39, 0.29) is 17.7 Å². The van der Waals surface area contributed by atoms with Gasteiger partial charge in [-0.25, -0.2) is 0 Å². The van der Waals surface area contributed by atoms with Crippen molar-refractivity contribution < 1.29 is 14.4 Å². The molecule has 0 spiro atoms. The Bertz CT molecular complexity index is 1260. The molecule has 158 valence electrons. The predicted molar refractivity (Wildman–Crippen MR) is 121 cm³/mol. The van der Waals surface area contributed by atoms with Crippen molar-refractivity contribution in [2.75, 3.05) is 5.32 Å². The minimum absolute atomic E-state index is 0.236. The van der Waals surface area contributed by atoms with Crippen LogP contribution >= 0.6 is 0 Å². The number of nitrogens with one attached hydrogen (secondary N) is 2. The fourth-order valence-electron chi connectivity index (χ4n) is 4.46. The first kappa shape index (κ1) is 20.4. The lowest BCUT2D eigenvalue weighted by Gasteiger charge is -2.20. The van der Waals surface area contributed by atoms with Crippen molar-refractivity contribution in [3.8, 4) is 11.1 Å². The Balaban J connectivity index is 1.95. The average molecular weight is 416 g/mol. The molecule has 0 saturated heterocycles. The van der Waals surface area contributed by atoms with Crippen molar-refractivity contribution in [1.82, 2.24) is 4.98 Å². The molecule has 0 saturated carbocycles. The number of amides is 3. The first-order valence-electron chi connectivity index (χ1n) is 10.1. The highest BCUT2D eigenvalue weighted by Crippen LogP contribution is 2.40. The molecule has 1 aliphatic carbocycles. The highest BCUT2D eigenvalue weighted by molar-refractivity contribution is 6.11. The molecule has 4 rings (SSSR count). The van der Waals surface area contributed by atoms with Crippen LogP contribution in [0.4, 0.5) is 5.69 Å². The molecule has 0 aliphatic heterocycles. The van der Waals surface area contributed by atoms with Crippen LogP contribution in [0.5, 0.6) is 0 Å². The van der Waals surface area contributed by atoms with Crippen molar-refractivity contribution in [1.29, 1.82) is 0 Å². The van der Waals surface area contributed by atoms with Crippen molar-refractivity contribution in [3.63, 3.8) is 0 Å². The van der Waals surface area contributed by atoms with Crippen LogP contribution in [0.1, 0.15) is 33.6 Å². The number of hydrogen-bond acceptors (Lipinski definition) is 3. The number of primary amides is 2. The molecule has 3 aromatic rings. The van der Waals surface area contributed by atoms with E-state index in [1.165, 1.54) is 6.08 Å². The van der Waals surface area contributed by atoms with Gasteiger partial charge in [0.05, 0.1) is 11.1 Å². The Morgan fingerprint density at radius 1 is 1.16 bits per heavy atom. The molecule has 0 bridgehead atoms. The quantitative estimate of drug-likeness (QED) is 0.477. The molecule has 6 N–H and O–H groups in total. The molecule has 7 heteroatoms. The molecule has 3 amide bonds. The first-order valence-corrected chi connectivity index (χ1v) is 10.1. The number of carbonyl (C=O) groups excluding carboxylic acids is 3. The molecule has 31 heavy (non-hydrogen) atoms. The van der Waals surface area contributed by atoms with Gasteiger partial charge in [-0.2, -0.15) is 0 Å². The topological polar surface area (TPSA) is 131 Å². The summed E-state index contributed by atoms with van der Waals surface area (Å²) in [7, 11) is 0. The number of aromatic amines is 1. The smallest absolute Gasteiger partial charge is 0.250 e. The summed E-state index contributed by atoms with van der Waals surface area (Å²) in [5, 5.41) is 3.75. The van der Waals surface area contributed by atoms with Crippen molar-refractivity contribution in [3.05, 3.63) is 65.4 Å². The summed E-state index contributed by atoms with van der Waals surface area (Å²) in [5.41, 5.74) is 17.7. The second-order valence-corrected chi connectivity index (χ2v) is 7.87. The number of anilines is 1. The second-order valence-electron chi connectivity index (χ2n) is 7.87. The maximum Gasteiger partial charge on any atom is 0.250 e. The molecule has 1 heterocycles. The van der Waals surface area contributed by atoms with Gasteiger partial charge in [0.25, 0.3) is 5.91 Å². The maximum absolute atomic E-state index is 12.1. The fourth-order valence-corrected chi connectivity index (χ4v) is 4.46. The molecule has 1 unspecified atom stereocenters. The summed E-state index contributed by atoms with van der Waals surface area (Å²) in [4.78, 5) is 39.0. The Hall–Kier alpha value is -3.87. The minimum atomic E-state index is -0.523. The zero-order valence-corrected chi connectivity index (χ0v) is 17.2. The van der Waals surface area contributed by atoms with Gasteiger partial charge in [-0.1, -0.05) is 24.8 Å². The van der Waals surface area contributed by atoms with Gasteiger partial charge in [0.2, 0.25) is 11.8 Å². The summed E-state index contributed by atoms with van der Waals surface area (Å²) >= 11 is 0. The third-order valence-corrected chi connectivity index (χ3v) is 6.08. The standard InChI is InChI=1S/C24H24N4O3/c1-3-20(29)27-18-6-4-5-14(12(18)2)15-9-10-17(24(26)31)22-21(15)16-8-7-13(23(25)30)11-19(16)28-22/h3-6,9-10,13,28H,1,7-8,11H2,2H3,(H2,25,30)(H2,26,31)(H,27,29). The van der Waals surface area contributed by atoms with E-state index < -0.39 is 5.91 Å². The van der Waals surface area contributed by atoms with Gasteiger partial charge in [0.1, 0.15) is 0 Å². The van der Waals surface area contributed by atoms with E-state index in [0.29, 0.717) is 36.0 Å². The van der Waals surface area contributed by atoms with Gasteiger partial charge < -0.3 is 21.8 Å². The number of aryl methyl sites for hydroxylation is 1. The lowest BCUT2D eigenvalue weighted by atomic mass is 9.84. The summed E-state index contributed by atoms with van der Waals surface area (Å²) < 4.78 is 0. The van der Waals surface area contributed by atoms with Gasteiger partial charge in [-0.05, 0) is 66.6 Å². The van der Waals surface area contributed by atoms with Gasteiger partial charge in [0.15, 0.2) is 0 Å². The van der Waals surface area contributed by atoms with Gasteiger partial charge in [-0.3, -0.25) is 14.4 Å². The highest BCUT2D eigenvalue weighted by atomic mass is 16.2. The van der Waals surface area contributed by atoms with Crippen LogP contribution in [-0.2, 0) is 22.4 Å². The van der Waals surface area contributed by atoms with E-state index >= 15 is 0 Å². The first-order chi connectivity index (χ1) is 14.8. The predicted octanol–water partition coefficient (Wildman–Crippen LogP) is 2.96. The van der Waals surface area contributed by atoms with E-state index in [0.717, 1.165) is 33.3 Å². The van der Waals surface area contributed by atoms with Crippen LogP contribution in [0.15, 0.2) is 43.0 Å². The van der Waals surface area contributed by atoms with Crippen LogP contribution in [0.25, 0.3) is 22.0 Å². The summed E-state index contributed by atoms with van der Waals surface area (Å²) in [5.74, 6) is -1.36. The molecule has 1 atom stereocenters. The van der Waals surface area contributed by atoms with Gasteiger partial charge in [0, 0.05) is 22.7 Å². The number of hydrogen-bond donors (Lipinski definition) is 4. The largest absolute Gasteiger partial charge is 0.369 e. The molecule has 1 aliphatic rings. The summed E-state index contributed by atoms with van der Waals surface area (Å²) in [6.07, 6.45) is 3.06. The molecular formula is C24H24N4O3. The second kappa shape index (κ2) is 7.75. The van der Waals surface area contributed by atoms with Gasteiger partial charge in [-0.15, -0.1) is 0 Å². The van der Waals surface area contributed by atoms with E-state index in [4.69, 9.17) is 11.5 Å². The van der Waals surface area contributed by atoms with E-state index in [1.807, 2.05) is 31.2 Å². The van der Waals surface area contributed by atoms with Crippen molar-refractivity contribution >= 4 is 34.3 Å². The normalized spacial score (nSPS) is 15.3. The summed E-state index contributed by atoms with van der Waals surface area (Å²) in [6, 6.07) is 9.28. The SMILES string of the molecule is C=CC(=O)Nc1cccc(-c2ccc(C(N)=O)c3[nH]c4c(c23)CCC(C(N)=O)C4)c1C. The van der Waals surface area contributed by atoms with Crippen LogP contribution < -0.4 is 16.8 Å². The average Bonchev–Trinajstić information content (AvgIpc) is 3.13. The van der Waals surface area contributed by atoms with Crippen molar-refractivity contribution in [2.24, 2.45) is 17.4 Å². The van der Waals surface area contributed by atoms with E-state index in [9.17, 15) is 14.4 Å². The molecule has 1 aromatic heterocycles. The Morgan fingerprint density at radius 2 is 1.94 bits per heavy atom. The zero-order chi connectivity index (χ0) is 22.3. The minimum Gasteiger partial charge on any atom is -0.369 e. The number of benzene rings is 2. The third kappa shape index (κ3) is 3.48. The van der Waals surface area contributed by atoms with E-state index in [1.54, 1.807) is 6.07 Å². The number of carbonyl (C=O) groups is 3. The molecule has 7 nitrogen and oxygen atoms in total. The highest BCUT2D eigenvalue weighted by Gasteiger charge is 2.28. The number of nitrogens with two attached hydrogens (primary N) is 2. The lowest BCUT2D eigenvalue weighted by Crippen LogP contribution is -2.28. The maximum atomic E-state index is 12.1. The number of H-pyrrole nitrogens is 1. The van der Waals surface area contributed by atoms with E-state index in [2.05, 4.69) is 16.9 Å². The Morgan fingerprint density at radius 3 is 2.61 bits per heavy atom. The Labute approximate surface area is 179 Å². The zero-order valence-electron chi connectivity index (χ0n) is 17.2. The molecule has 0 radical (unpaired) electrons. The summed E-state index contributed by atoms with van der Waals surface area (Å²) in [6.45, 7) is 5.44. The van der Waals surface area contributed by atoms with Crippen molar-refractivity contribution in [2.45, 2.75) is 26.2 Å². The number of aromatic nitrogens is 1. The number of rotatable bonds is 5. The third-order valence-electron chi connectivity index (χ3n) is 6.08. The van der Waals surface area contributed by atoms with Crippen LogP contribution in [0.2, 0.25) is 0 Å². The number of fused-ring (bicyclic) bond motifs is 3. The van der Waals surface area contributed by atoms with Gasteiger partial charge >= 0.3 is 0 Å². The van der Waals surface area contributed by atoms with Crippen LogP contribution in [-0.4, -0.2) is 22.7 Å². The molecule has 2 aromatic carbocycles. The van der Waals surface area contributed by atoms with Crippen LogP contribution in [0, 0.1) is 12.8 Å². The molecule has 0 fully saturated rings. The van der Waals surface area contributed by atoms with Crippen LogP contribution in [0.3, 0.4) is 0 Å².